The van der Waals surface area contributed by atoms with Gasteiger partial charge < -0.3 is 4.74 Å². The van der Waals surface area contributed by atoms with Gasteiger partial charge in [0, 0.05) is 12.8 Å². The van der Waals surface area contributed by atoms with E-state index in [1.54, 1.807) is 0 Å². The zero-order valence-electron chi connectivity index (χ0n) is 8.77. The van der Waals surface area contributed by atoms with Crippen LogP contribution in [0.3, 0.4) is 0 Å². The van der Waals surface area contributed by atoms with Gasteiger partial charge in [-0.05, 0) is 29.9 Å². The van der Waals surface area contributed by atoms with Crippen LogP contribution in [0.15, 0.2) is 24.3 Å². The Balaban J connectivity index is 1.92. The van der Waals surface area contributed by atoms with Gasteiger partial charge >= 0.3 is 5.97 Å². The Morgan fingerprint density at radius 1 is 1.27 bits per heavy atom. The van der Waals surface area contributed by atoms with Crippen LogP contribution < -0.4 is 0 Å². The van der Waals surface area contributed by atoms with Gasteiger partial charge in [0.1, 0.15) is 6.10 Å². The molecule has 0 unspecified atom stereocenters. The number of hydrogen-bond acceptors (Lipinski definition) is 2. The van der Waals surface area contributed by atoms with Crippen LogP contribution in [0.1, 0.15) is 42.7 Å². The molecule has 2 aliphatic rings. The van der Waals surface area contributed by atoms with Crippen LogP contribution in [-0.2, 0) is 9.53 Å². The molecule has 2 nitrogen and oxygen atoms in total. The lowest BCUT2D eigenvalue weighted by Crippen LogP contribution is -2.22. The summed E-state index contributed by atoms with van der Waals surface area (Å²) in [5.41, 5.74) is 2.88. The third-order valence-electron chi connectivity index (χ3n) is 3.66. The molecule has 0 aromatic heterocycles. The summed E-state index contributed by atoms with van der Waals surface area (Å²) in [6.07, 6.45) is 2.31. The fourth-order valence-electron chi connectivity index (χ4n) is 3.14. The highest BCUT2D eigenvalue weighted by atomic mass is 16.5. The predicted molar refractivity (Wildman–Crippen MR) is 56.7 cm³/mol. The Labute approximate surface area is 89.2 Å². The Morgan fingerprint density at radius 3 is 2.73 bits per heavy atom. The SMILES string of the molecule is CC(=O)O[C@@H]1C[C@H]2C[C@@H]1c1ccccc12. The predicted octanol–water partition coefficient (Wildman–Crippen LogP) is 2.59. The van der Waals surface area contributed by atoms with E-state index in [0.717, 1.165) is 12.8 Å². The molecule has 3 rings (SSSR count). The monoisotopic (exact) mass is 202 g/mol. The van der Waals surface area contributed by atoms with E-state index in [9.17, 15) is 4.79 Å². The molecule has 0 aliphatic heterocycles. The van der Waals surface area contributed by atoms with Gasteiger partial charge in [-0.15, -0.1) is 0 Å². The van der Waals surface area contributed by atoms with Gasteiger partial charge in [-0.2, -0.15) is 0 Å². The molecule has 0 saturated heterocycles. The molecular weight excluding hydrogens is 188 g/mol. The zero-order valence-corrected chi connectivity index (χ0v) is 8.77. The molecule has 1 fully saturated rings. The molecule has 15 heavy (non-hydrogen) atoms. The van der Waals surface area contributed by atoms with E-state index in [-0.39, 0.29) is 12.1 Å². The molecule has 0 heterocycles. The molecule has 2 heteroatoms. The molecule has 1 saturated carbocycles. The lowest BCUT2D eigenvalue weighted by molar-refractivity contribution is -0.146. The van der Waals surface area contributed by atoms with Gasteiger partial charge in [0.05, 0.1) is 0 Å². The van der Waals surface area contributed by atoms with E-state index >= 15 is 0 Å². The van der Waals surface area contributed by atoms with Gasteiger partial charge in [0.15, 0.2) is 0 Å². The Bertz CT molecular complexity index is 411. The van der Waals surface area contributed by atoms with E-state index in [2.05, 4.69) is 24.3 Å². The molecule has 0 radical (unpaired) electrons. The average Bonchev–Trinajstić information content (AvgIpc) is 2.75. The van der Waals surface area contributed by atoms with Crippen LogP contribution in [0, 0.1) is 0 Å². The van der Waals surface area contributed by atoms with E-state index < -0.39 is 0 Å². The van der Waals surface area contributed by atoms with Gasteiger partial charge in [-0.3, -0.25) is 4.79 Å². The van der Waals surface area contributed by atoms with Crippen LogP contribution in [0.2, 0.25) is 0 Å². The second kappa shape index (κ2) is 3.09. The molecule has 0 N–H and O–H groups in total. The number of ether oxygens (including phenoxy) is 1. The fourth-order valence-corrected chi connectivity index (χ4v) is 3.14. The number of hydrogen-bond donors (Lipinski definition) is 0. The number of esters is 1. The van der Waals surface area contributed by atoms with Gasteiger partial charge in [-0.25, -0.2) is 0 Å². The average molecular weight is 202 g/mol. The minimum Gasteiger partial charge on any atom is -0.462 e. The second-order valence-corrected chi connectivity index (χ2v) is 4.55. The van der Waals surface area contributed by atoms with E-state index in [0.29, 0.717) is 11.8 Å². The first-order chi connectivity index (χ1) is 7.25. The van der Waals surface area contributed by atoms with Gasteiger partial charge in [0.2, 0.25) is 0 Å². The summed E-state index contributed by atoms with van der Waals surface area (Å²) in [5, 5.41) is 0. The summed E-state index contributed by atoms with van der Waals surface area (Å²) in [5.74, 6) is 0.927. The van der Waals surface area contributed by atoms with E-state index in [1.807, 2.05) is 0 Å². The topological polar surface area (TPSA) is 26.3 Å². The Morgan fingerprint density at radius 2 is 2.00 bits per heavy atom. The summed E-state index contributed by atoms with van der Waals surface area (Å²) in [6, 6.07) is 8.56. The van der Waals surface area contributed by atoms with Crippen molar-refractivity contribution in [1.29, 1.82) is 0 Å². The zero-order chi connectivity index (χ0) is 10.4. The van der Waals surface area contributed by atoms with Crippen molar-refractivity contribution in [1.82, 2.24) is 0 Å². The molecule has 78 valence electrons. The van der Waals surface area contributed by atoms with Crippen molar-refractivity contribution in [2.24, 2.45) is 0 Å². The number of carbonyl (C=O) groups is 1. The van der Waals surface area contributed by atoms with Gasteiger partial charge in [-0.1, -0.05) is 24.3 Å². The van der Waals surface area contributed by atoms with Crippen LogP contribution in [-0.4, -0.2) is 12.1 Å². The van der Waals surface area contributed by atoms with Crippen molar-refractivity contribution in [2.75, 3.05) is 0 Å². The van der Waals surface area contributed by atoms with Crippen molar-refractivity contribution in [3.63, 3.8) is 0 Å². The molecule has 2 aliphatic carbocycles. The molecule has 0 amide bonds. The van der Waals surface area contributed by atoms with Crippen molar-refractivity contribution in [2.45, 2.75) is 37.7 Å². The molecule has 2 bridgehead atoms. The number of benzene rings is 1. The maximum Gasteiger partial charge on any atom is 0.302 e. The van der Waals surface area contributed by atoms with Gasteiger partial charge in [0.25, 0.3) is 0 Å². The largest absolute Gasteiger partial charge is 0.462 e. The fraction of sp³-hybridized carbons (Fsp3) is 0.462. The normalized spacial score (nSPS) is 31.4. The molecule has 3 atom stereocenters. The van der Waals surface area contributed by atoms with Crippen LogP contribution in [0.5, 0.6) is 0 Å². The van der Waals surface area contributed by atoms with Crippen molar-refractivity contribution >= 4 is 5.97 Å². The summed E-state index contributed by atoms with van der Waals surface area (Å²) in [6.45, 7) is 1.50. The quantitative estimate of drug-likeness (QED) is 0.654. The van der Waals surface area contributed by atoms with Crippen LogP contribution in [0.4, 0.5) is 0 Å². The first-order valence-electron chi connectivity index (χ1n) is 5.51. The maximum absolute atomic E-state index is 11.0. The second-order valence-electron chi connectivity index (χ2n) is 4.55. The molecule has 1 aromatic carbocycles. The Hall–Kier alpha value is -1.31. The lowest BCUT2D eigenvalue weighted by Gasteiger charge is -2.23. The highest BCUT2D eigenvalue weighted by molar-refractivity contribution is 5.66. The number of rotatable bonds is 1. The van der Waals surface area contributed by atoms with Crippen LogP contribution >= 0.6 is 0 Å². The lowest BCUT2D eigenvalue weighted by atomic mass is 9.90. The van der Waals surface area contributed by atoms with Crippen LogP contribution in [0.25, 0.3) is 0 Å². The molecule has 1 aromatic rings. The smallest absolute Gasteiger partial charge is 0.302 e. The highest BCUT2D eigenvalue weighted by Gasteiger charge is 2.45. The minimum atomic E-state index is -0.148. The maximum atomic E-state index is 11.0. The highest BCUT2D eigenvalue weighted by Crippen LogP contribution is 2.53. The summed E-state index contributed by atoms with van der Waals surface area (Å²) < 4.78 is 5.36. The summed E-state index contributed by atoms with van der Waals surface area (Å²) >= 11 is 0. The minimum absolute atomic E-state index is 0.127. The number of fused-ring (bicyclic) bond motifs is 5. The third kappa shape index (κ3) is 1.28. The molecular formula is C13H14O2. The van der Waals surface area contributed by atoms with E-state index in [1.165, 1.54) is 18.1 Å². The third-order valence-corrected chi connectivity index (χ3v) is 3.66. The summed E-state index contributed by atoms with van der Waals surface area (Å²) in [7, 11) is 0. The standard InChI is InChI=1S/C13H14O2/c1-8(14)15-13-7-9-6-12(13)11-5-3-2-4-10(9)11/h2-5,9,12-13H,6-7H2,1H3/t9-,12-,13-/m1/s1. The van der Waals surface area contributed by atoms with Crippen molar-refractivity contribution in [3.05, 3.63) is 35.4 Å². The first-order valence-corrected chi connectivity index (χ1v) is 5.51. The van der Waals surface area contributed by atoms with Crippen molar-refractivity contribution in [3.8, 4) is 0 Å². The Kier molecular flexibility index (Phi) is 1.84. The number of carbonyl (C=O) groups excluding carboxylic acids is 1. The van der Waals surface area contributed by atoms with E-state index in [4.69, 9.17) is 4.74 Å². The molecule has 0 spiro atoms. The van der Waals surface area contributed by atoms with Crippen molar-refractivity contribution < 1.29 is 9.53 Å². The summed E-state index contributed by atoms with van der Waals surface area (Å²) in [4.78, 5) is 11.0. The first kappa shape index (κ1) is 8.96.